The molecule has 0 bridgehead atoms. The van der Waals surface area contributed by atoms with E-state index in [-0.39, 0.29) is 6.04 Å². The van der Waals surface area contributed by atoms with Gasteiger partial charge in [0.2, 0.25) is 0 Å². The van der Waals surface area contributed by atoms with E-state index in [9.17, 15) is 0 Å². The fraction of sp³-hybridized carbons (Fsp3) is 0.353. The number of hydrogen-bond acceptors (Lipinski definition) is 4. The molecule has 0 fully saturated rings. The van der Waals surface area contributed by atoms with Crippen molar-refractivity contribution in [3.63, 3.8) is 0 Å². The lowest BCUT2D eigenvalue weighted by molar-refractivity contribution is 0.297. The third-order valence-electron chi connectivity index (χ3n) is 3.78. The molecule has 2 aromatic rings. The third-order valence-corrected chi connectivity index (χ3v) is 3.78. The van der Waals surface area contributed by atoms with Crippen LogP contribution in [0.25, 0.3) is 0 Å². The fourth-order valence-electron chi connectivity index (χ4n) is 2.64. The predicted molar refractivity (Wildman–Crippen MR) is 81.9 cm³/mol. The molecule has 1 N–H and O–H groups in total. The van der Waals surface area contributed by atoms with Gasteiger partial charge < -0.3 is 14.8 Å². The summed E-state index contributed by atoms with van der Waals surface area (Å²) in [7, 11) is 1.96. The topological polar surface area (TPSA) is 43.4 Å². The Kier molecular flexibility index (Phi) is 4.06. The molecule has 110 valence electrons. The zero-order chi connectivity index (χ0) is 14.7. The van der Waals surface area contributed by atoms with Crippen molar-refractivity contribution in [1.82, 2.24) is 10.3 Å². The number of rotatable bonds is 3. The molecule has 1 aromatic carbocycles. The summed E-state index contributed by atoms with van der Waals surface area (Å²) in [4.78, 5) is 4.25. The van der Waals surface area contributed by atoms with E-state index in [1.165, 1.54) is 11.1 Å². The first-order valence-corrected chi connectivity index (χ1v) is 7.27. The number of aryl methyl sites for hydroxylation is 1. The smallest absolute Gasteiger partial charge is 0.161 e. The summed E-state index contributed by atoms with van der Waals surface area (Å²) < 4.78 is 11.5. The third kappa shape index (κ3) is 2.85. The van der Waals surface area contributed by atoms with Crippen LogP contribution in [0.4, 0.5) is 0 Å². The average Bonchev–Trinajstić information content (AvgIpc) is 2.75. The minimum absolute atomic E-state index is 0.0934. The van der Waals surface area contributed by atoms with Gasteiger partial charge in [0.25, 0.3) is 0 Å². The number of nitrogens with one attached hydrogen (secondary N) is 1. The van der Waals surface area contributed by atoms with E-state index >= 15 is 0 Å². The number of fused-ring (bicyclic) bond motifs is 1. The van der Waals surface area contributed by atoms with Gasteiger partial charge in [0.1, 0.15) is 0 Å². The Morgan fingerprint density at radius 2 is 1.95 bits per heavy atom. The second kappa shape index (κ2) is 6.14. The van der Waals surface area contributed by atoms with Crippen molar-refractivity contribution >= 4 is 0 Å². The number of nitrogens with zero attached hydrogens (tertiary/aromatic N) is 1. The van der Waals surface area contributed by atoms with Crippen LogP contribution in [0, 0.1) is 6.92 Å². The number of aromatic nitrogens is 1. The highest BCUT2D eigenvalue weighted by atomic mass is 16.5. The van der Waals surface area contributed by atoms with Gasteiger partial charge in [-0.2, -0.15) is 0 Å². The molecular weight excluding hydrogens is 264 g/mol. The van der Waals surface area contributed by atoms with Gasteiger partial charge in [-0.25, -0.2) is 0 Å². The molecule has 1 aliphatic heterocycles. The van der Waals surface area contributed by atoms with Crippen molar-refractivity contribution < 1.29 is 9.47 Å². The number of ether oxygens (including phenoxy) is 2. The molecule has 0 saturated heterocycles. The second-order valence-corrected chi connectivity index (χ2v) is 5.21. The highest BCUT2D eigenvalue weighted by Gasteiger charge is 2.18. The van der Waals surface area contributed by atoms with Gasteiger partial charge in [0.15, 0.2) is 11.5 Å². The van der Waals surface area contributed by atoms with Gasteiger partial charge in [-0.05, 0) is 48.9 Å². The molecule has 1 unspecified atom stereocenters. The molecule has 0 saturated carbocycles. The molecule has 0 amide bonds. The predicted octanol–water partition coefficient (Wildman–Crippen LogP) is 2.86. The van der Waals surface area contributed by atoms with Crippen LogP contribution in [-0.4, -0.2) is 25.2 Å². The van der Waals surface area contributed by atoms with Crippen molar-refractivity contribution in [1.29, 1.82) is 0 Å². The Morgan fingerprint density at radius 1 is 1.14 bits per heavy atom. The molecule has 2 heterocycles. The molecule has 0 radical (unpaired) electrons. The zero-order valence-electron chi connectivity index (χ0n) is 12.4. The number of hydrogen-bond donors (Lipinski definition) is 1. The SMILES string of the molecule is CNC(c1ccc2c(c1)OCCCO2)c1cnccc1C. The Labute approximate surface area is 125 Å². The van der Waals surface area contributed by atoms with Gasteiger partial charge >= 0.3 is 0 Å². The summed E-state index contributed by atoms with van der Waals surface area (Å²) in [6.45, 7) is 3.51. The molecule has 1 atom stereocenters. The maximum absolute atomic E-state index is 5.78. The van der Waals surface area contributed by atoms with Crippen molar-refractivity contribution in [2.24, 2.45) is 0 Å². The van der Waals surface area contributed by atoms with Crippen LogP contribution in [0.5, 0.6) is 11.5 Å². The highest BCUT2D eigenvalue weighted by molar-refractivity contribution is 5.46. The van der Waals surface area contributed by atoms with Gasteiger partial charge in [-0.15, -0.1) is 0 Å². The van der Waals surface area contributed by atoms with Gasteiger partial charge in [0, 0.05) is 18.8 Å². The van der Waals surface area contributed by atoms with Crippen LogP contribution < -0.4 is 14.8 Å². The van der Waals surface area contributed by atoms with Crippen LogP contribution in [0.3, 0.4) is 0 Å². The lowest BCUT2D eigenvalue weighted by Gasteiger charge is -2.20. The molecule has 1 aliphatic rings. The van der Waals surface area contributed by atoms with Crippen molar-refractivity contribution in [2.45, 2.75) is 19.4 Å². The quantitative estimate of drug-likeness (QED) is 0.941. The van der Waals surface area contributed by atoms with E-state index < -0.39 is 0 Å². The first-order valence-electron chi connectivity index (χ1n) is 7.27. The van der Waals surface area contributed by atoms with Crippen molar-refractivity contribution in [3.05, 3.63) is 53.3 Å². The minimum Gasteiger partial charge on any atom is -0.490 e. The maximum Gasteiger partial charge on any atom is 0.161 e. The van der Waals surface area contributed by atoms with Crippen LogP contribution in [0.15, 0.2) is 36.7 Å². The largest absolute Gasteiger partial charge is 0.490 e. The van der Waals surface area contributed by atoms with Gasteiger partial charge in [-0.1, -0.05) is 6.07 Å². The monoisotopic (exact) mass is 284 g/mol. The summed E-state index contributed by atoms with van der Waals surface area (Å²) in [5, 5.41) is 3.36. The zero-order valence-corrected chi connectivity index (χ0v) is 12.4. The van der Waals surface area contributed by atoms with E-state index in [0.717, 1.165) is 23.5 Å². The molecule has 0 spiro atoms. The van der Waals surface area contributed by atoms with Crippen molar-refractivity contribution in [2.75, 3.05) is 20.3 Å². The maximum atomic E-state index is 5.78. The molecule has 4 heteroatoms. The van der Waals surface area contributed by atoms with E-state index in [1.54, 1.807) is 0 Å². The standard InChI is InChI=1S/C17H20N2O2/c1-12-6-7-19-11-14(12)17(18-2)13-4-5-15-16(10-13)21-9-3-8-20-15/h4-7,10-11,17-18H,3,8-9H2,1-2H3. The first kappa shape index (κ1) is 13.9. The van der Waals surface area contributed by atoms with Crippen LogP contribution in [0.2, 0.25) is 0 Å². The summed E-state index contributed by atoms with van der Waals surface area (Å²) in [6.07, 6.45) is 4.65. The van der Waals surface area contributed by atoms with Crippen LogP contribution >= 0.6 is 0 Å². The van der Waals surface area contributed by atoms with Crippen molar-refractivity contribution in [3.8, 4) is 11.5 Å². The second-order valence-electron chi connectivity index (χ2n) is 5.21. The number of pyridine rings is 1. The summed E-state index contributed by atoms with van der Waals surface area (Å²) in [6, 6.07) is 8.26. The Hall–Kier alpha value is -2.07. The molecule has 21 heavy (non-hydrogen) atoms. The molecule has 3 rings (SSSR count). The summed E-state index contributed by atoms with van der Waals surface area (Å²) in [5.41, 5.74) is 3.55. The first-order chi connectivity index (χ1) is 10.3. The van der Waals surface area contributed by atoms with Crippen LogP contribution in [-0.2, 0) is 0 Å². The highest BCUT2D eigenvalue weighted by Crippen LogP contribution is 2.34. The molecular formula is C17H20N2O2. The molecule has 4 nitrogen and oxygen atoms in total. The Balaban J connectivity index is 1.98. The summed E-state index contributed by atoms with van der Waals surface area (Å²) in [5.74, 6) is 1.65. The fourth-order valence-corrected chi connectivity index (χ4v) is 2.64. The lowest BCUT2D eigenvalue weighted by atomic mass is 9.96. The molecule has 1 aromatic heterocycles. The lowest BCUT2D eigenvalue weighted by Crippen LogP contribution is -2.19. The van der Waals surface area contributed by atoms with Gasteiger partial charge in [0.05, 0.1) is 19.3 Å². The van der Waals surface area contributed by atoms with E-state index in [4.69, 9.17) is 9.47 Å². The Morgan fingerprint density at radius 3 is 2.71 bits per heavy atom. The number of benzene rings is 1. The van der Waals surface area contributed by atoms with E-state index in [2.05, 4.69) is 29.4 Å². The van der Waals surface area contributed by atoms with Gasteiger partial charge in [-0.3, -0.25) is 4.98 Å². The minimum atomic E-state index is 0.0934. The van der Waals surface area contributed by atoms with E-state index in [0.29, 0.717) is 13.2 Å². The van der Waals surface area contributed by atoms with E-state index in [1.807, 2.05) is 31.6 Å². The average molecular weight is 284 g/mol. The normalized spacial score (nSPS) is 15.3. The summed E-state index contributed by atoms with van der Waals surface area (Å²) >= 11 is 0. The molecule has 0 aliphatic carbocycles. The Bertz CT molecular complexity index is 628. The van der Waals surface area contributed by atoms with Crippen LogP contribution in [0.1, 0.15) is 29.2 Å².